The van der Waals surface area contributed by atoms with Gasteiger partial charge in [0.2, 0.25) is 0 Å². The zero-order valence-corrected chi connectivity index (χ0v) is 15.3. The van der Waals surface area contributed by atoms with Gasteiger partial charge in [-0.05, 0) is 55.9 Å². The number of allylic oxidation sites excluding steroid dienone is 1. The van der Waals surface area contributed by atoms with Crippen molar-refractivity contribution in [1.82, 2.24) is 9.78 Å². The molecule has 0 aromatic carbocycles. The molecule has 2 unspecified atom stereocenters. The Bertz CT molecular complexity index is 685. The molecule has 0 radical (unpaired) electrons. The van der Waals surface area contributed by atoms with Crippen LogP contribution in [-0.2, 0) is 9.47 Å². The lowest BCUT2D eigenvalue weighted by Crippen LogP contribution is -2.30. The van der Waals surface area contributed by atoms with Crippen LogP contribution in [0.3, 0.4) is 0 Å². The monoisotopic (exact) mass is 344 g/mol. The summed E-state index contributed by atoms with van der Waals surface area (Å²) in [6.45, 7) is 6.16. The Kier molecular flexibility index (Phi) is 4.32. The zero-order chi connectivity index (χ0) is 17.5. The van der Waals surface area contributed by atoms with Gasteiger partial charge in [-0.25, -0.2) is 4.68 Å². The SMILES string of the molecule is CC1(C)COC2(CC=C(c3nn(C4CCCCO4)cc3C=O)CC2)C1. The summed E-state index contributed by atoms with van der Waals surface area (Å²) >= 11 is 0. The van der Waals surface area contributed by atoms with Gasteiger partial charge in [0.25, 0.3) is 0 Å². The van der Waals surface area contributed by atoms with Crippen molar-refractivity contribution in [3.05, 3.63) is 23.5 Å². The molecule has 25 heavy (non-hydrogen) atoms. The molecule has 0 amide bonds. The fraction of sp³-hybridized carbons (Fsp3) is 0.700. The average Bonchev–Trinajstić information content (AvgIpc) is 3.18. The van der Waals surface area contributed by atoms with E-state index in [1.807, 2.05) is 10.9 Å². The number of carbonyl (C=O) groups is 1. The van der Waals surface area contributed by atoms with E-state index in [0.717, 1.165) is 70.1 Å². The van der Waals surface area contributed by atoms with Crippen molar-refractivity contribution in [2.24, 2.45) is 5.41 Å². The quantitative estimate of drug-likeness (QED) is 0.773. The Morgan fingerprint density at radius 3 is 2.84 bits per heavy atom. The normalized spacial score (nSPS) is 31.9. The van der Waals surface area contributed by atoms with E-state index in [4.69, 9.17) is 14.6 Å². The molecule has 2 fully saturated rings. The molecule has 3 aliphatic rings. The van der Waals surface area contributed by atoms with Crippen LogP contribution in [0.2, 0.25) is 0 Å². The molecule has 2 aliphatic heterocycles. The third-order valence-corrected chi connectivity index (χ3v) is 5.78. The van der Waals surface area contributed by atoms with Gasteiger partial charge in [-0.15, -0.1) is 0 Å². The van der Waals surface area contributed by atoms with E-state index in [2.05, 4.69) is 19.9 Å². The molecule has 2 atom stereocenters. The van der Waals surface area contributed by atoms with Gasteiger partial charge in [0.15, 0.2) is 6.29 Å². The fourth-order valence-electron chi connectivity index (χ4n) is 4.53. The van der Waals surface area contributed by atoms with Gasteiger partial charge in [-0.3, -0.25) is 4.79 Å². The maximum atomic E-state index is 11.6. The van der Waals surface area contributed by atoms with E-state index in [1.54, 1.807) is 0 Å². The van der Waals surface area contributed by atoms with Crippen LogP contribution in [0.4, 0.5) is 0 Å². The molecule has 3 heterocycles. The summed E-state index contributed by atoms with van der Waals surface area (Å²) in [5.41, 5.74) is 2.93. The minimum absolute atomic E-state index is 0.0105. The molecular formula is C20H28N2O3. The first-order valence-corrected chi connectivity index (χ1v) is 9.50. The highest BCUT2D eigenvalue weighted by Gasteiger charge is 2.45. The van der Waals surface area contributed by atoms with Crippen molar-refractivity contribution in [2.75, 3.05) is 13.2 Å². The Hall–Kier alpha value is -1.46. The molecule has 4 rings (SSSR count). The number of nitrogens with zero attached hydrogens (tertiary/aromatic N) is 2. The fourth-order valence-corrected chi connectivity index (χ4v) is 4.53. The lowest BCUT2D eigenvalue weighted by molar-refractivity contribution is -0.0395. The molecule has 5 heteroatoms. The third-order valence-electron chi connectivity index (χ3n) is 5.78. The Morgan fingerprint density at radius 2 is 2.24 bits per heavy atom. The van der Waals surface area contributed by atoms with Crippen molar-refractivity contribution in [3.8, 4) is 0 Å². The highest BCUT2D eigenvalue weighted by Crippen LogP contribution is 2.47. The maximum Gasteiger partial charge on any atom is 0.153 e. The van der Waals surface area contributed by atoms with Gasteiger partial charge < -0.3 is 9.47 Å². The molecule has 1 aromatic rings. The van der Waals surface area contributed by atoms with Crippen molar-refractivity contribution in [3.63, 3.8) is 0 Å². The highest BCUT2D eigenvalue weighted by molar-refractivity contribution is 5.84. The van der Waals surface area contributed by atoms with E-state index in [1.165, 1.54) is 5.57 Å². The van der Waals surface area contributed by atoms with Gasteiger partial charge in [0.05, 0.1) is 23.5 Å². The molecule has 2 saturated heterocycles. The van der Waals surface area contributed by atoms with Crippen molar-refractivity contribution >= 4 is 11.9 Å². The van der Waals surface area contributed by atoms with E-state index in [0.29, 0.717) is 5.56 Å². The highest BCUT2D eigenvalue weighted by atomic mass is 16.5. The molecular weight excluding hydrogens is 316 g/mol. The van der Waals surface area contributed by atoms with Crippen LogP contribution < -0.4 is 0 Å². The van der Waals surface area contributed by atoms with Crippen LogP contribution in [0, 0.1) is 5.41 Å². The summed E-state index contributed by atoms with van der Waals surface area (Å²) in [6, 6.07) is 0. The minimum atomic E-state index is -0.0318. The predicted octanol–water partition coefficient (Wildman–Crippen LogP) is 4.15. The van der Waals surface area contributed by atoms with Crippen LogP contribution in [0.25, 0.3) is 5.57 Å². The van der Waals surface area contributed by atoms with Crippen LogP contribution in [-0.4, -0.2) is 34.9 Å². The molecule has 136 valence electrons. The molecule has 1 aliphatic carbocycles. The summed E-state index contributed by atoms with van der Waals surface area (Å²) in [5, 5.41) is 4.72. The third kappa shape index (κ3) is 3.32. The molecule has 1 spiro atoms. The maximum absolute atomic E-state index is 11.6. The van der Waals surface area contributed by atoms with Gasteiger partial charge in [-0.2, -0.15) is 5.10 Å². The summed E-state index contributed by atoms with van der Waals surface area (Å²) in [4.78, 5) is 11.6. The number of aromatic nitrogens is 2. The average molecular weight is 344 g/mol. The molecule has 0 saturated carbocycles. The molecule has 5 nitrogen and oxygen atoms in total. The first-order chi connectivity index (χ1) is 12.0. The van der Waals surface area contributed by atoms with Crippen LogP contribution in [0.5, 0.6) is 0 Å². The smallest absolute Gasteiger partial charge is 0.153 e. The van der Waals surface area contributed by atoms with Crippen LogP contribution >= 0.6 is 0 Å². The van der Waals surface area contributed by atoms with Gasteiger partial charge in [0, 0.05) is 12.8 Å². The first-order valence-electron chi connectivity index (χ1n) is 9.50. The second-order valence-corrected chi connectivity index (χ2v) is 8.60. The molecule has 0 bridgehead atoms. The predicted molar refractivity (Wildman–Crippen MR) is 95.4 cm³/mol. The van der Waals surface area contributed by atoms with E-state index in [9.17, 15) is 4.79 Å². The Balaban J connectivity index is 1.55. The van der Waals surface area contributed by atoms with Crippen LogP contribution in [0.15, 0.2) is 12.3 Å². The van der Waals surface area contributed by atoms with E-state index >= 15 is 0 Å². The lowest BCUT2D eigenvalue weighted by Gasteiger charge is -2.32. The number of ether oxygens (including phenoxy) is 2. The topological polar surface area (TPSA) is 53.4 Å². The van der Waals surface area contributed by atoms with E-state index < -0.39 is 0 Å². The first kappa shape index (κ1) is 17.0. The van der Waals surface area contributed by atoms with Crippen molar-refractivity contribution < 1.29 is 14.3 Å². The number of carbonyl (C=O) groups excluding carboxylic acids is 1. The van der Waals surface area contributed by atoms with Gasteiger partial charge in [-0.1, -0.05) is 19.9 Å². The van der Waals surface area contributed by atoms with E-state index in [-0.39, 0.29) is 17.2 Å². The summed E-state index contributed by atoms with van der Waals surface area (Å²) in [7, 11) is 0. The number of rotatable bonds is 3. The second kappa shape index (κ2) is 6.36. The molecule has 1 aromatic heterocycles. The number of hydrogen-bond donors (Lipinski definition) is 0. The van der Waals surface area contributed by atoms with Crippen LogP contribution in [0.1, 0.15) is 81.1 Å². The molecule has 0 N–H and O–H groups in total. The summed E-state index contributed by atoms with van der Waals surface area (Å²) in [5.74, 6) is 0. The summed E-state index contributed by atoms with van der Waals surface area (Å²) < 4.78 is 13.8. The van der Waals surface area contributed by atoms with Gasteiger partial charge in [0.1, 0.15) is 6.23 Å². The number of hydrogen-bond acceptors (Lipinski definition) is 4. The number of aldehydes is 1. The van der Waals surface area contributed by atoms with Crippen molar-refractivity contribution in [2.45, 2.75) is 70.6 Å². The summed E-state index contributed by atoms with van der Waals surface area (Å²) in [6.07, 6.45) is 12.1. The largest absolute Gasteiger partial charge is 0.374 e. The lowest BCUT2D eigenvalue weighted by atomic mass is 9.76. The minimum Gasteiger partial charge on any atom is -0.374 e. The zero-order valence-electron chi connectivity index (χ0n) is 15.3. The van der Waals surface area contributed by atoms with Crippen molar-refractivity contribution in [1.29, 1.82) is 0 Å². The standard InChI is InChI=1S/C20H28N2O3/c1-19(2)13-20(25-14-19)8-6-15(7-9-20)18-16(12-23)11-22(21-18)17-5-3-4-10-24-17/h6,11-12,17H,3-5,7-10,13-14H2,1-2H3. The van der Waals surface area contributed by atoms with Gasteiger partial charge >= 0.3 is 0 Å². The Morgan fingerprint density at radius 1 is 1.36 bits per heavy atom. The Labute approximate surface area is 149 Å². The second-order valence-electron chi connectivity index (χ2n) is 8.60.